The van der Waals surface area contributed by atoms with Crippen LogP contribution < -0.4 is 5.32 Å². The molecule has 2 aromatic rings. The van der Waals surface area contributed by atoms with Gasteiger partial charge in [0.1, 0.15) is 11.9 Å². The number of likely N-dealkylation sites (N-methyl/N-ethyl adjacent to an activating group) is 2. The third-order valence-corrected chi connectivity index (χ3v) is 6.73. The van der Waals surface area contributed by atoms with Crippen molar-refractivity contribution >= 4 is 33.4 Å². The van der Waals surface area contributed by atoms with E-state index in [2.05, 4.69) is 5.32 Å². The summed E-state index contributed by atoms with van der Waals surface area (Å²) in [5.74, 6) is -1.36. The molecule has 0 aromatic heterocycles. The number of hydrogen-bond donors (Lipinski definition) is 1. The van der Waals surface area contributed by atoms with Gasteiger partial charge < -0.3 is 10.2 Å². The molecule has 2 aromatic carbocycles. The maximum Gasteiger partial charge on any atom is 0.243 e. The Bertz CT molecular complexity index is 1010. The lowest BCUT2D eigenvalue weighted by Crippen LogP contribution is -2.50. The first-order valence-corrected chi connectivity index (χ1v) is 11.4. The van der Waals surface area contributed by atoms with E-state index in [1.807, 2.05) is 0 Å². The number of rotatable bonds is 9. The summed E-state index contributed by atoms with van der Waals surface area (Å²) in [5.41, 5.74) is 0.606. The van der Waals surface area contributed by atoms with E-state index in [0.29, 0.717) is 17.1 Å². The minimum atomic E-state index is -3.94. The number of amides is 2. The third-order valence-electron chi connectivity index (χ3n) is 4.66. The first-order valence-electron chi connectivity index (χ1n) is 9.59. The van der Waals surface area contributed by atoms with Crippen LogP contribution >= 0.6 is 11.6 Å². The van der Waals surface area contributed by atoms with Crippen LogP contribution in [0, 0.1) is 5.82 Å². The van der Waals surface area contributed by atoms with Crippen molar-refractivity contribution in [3.8, 4) is 0 Å². The van der Waals surface area contributed by atoms with Crippen molar-refractivity contribution in [2.75, 3.05) is 20.1 Å². The summed E-state index contributed by atoms with van der Waals surface area (Å²) in [6.45, 7) is 3.23. The predicted octanol–water partition coefficient (Wildman–Crippen LogP) is 2.65. The zero-order valence-corrected chi connectivity index (χ0v) is 19.1. The van der Waals surface area contributed by atoms with Crippen LogP contribution in [-0.4, -0.2) is 55.6 Å². The molecule has 0 aliphatic rings. The SMILES string of the molecule is CCNC(=O)[C@@H](C)N(Cc1ccc(F)cc1)C(=O)CN(C)S(=O)(=O)c1ccc(Cl)cc1. The van der Waals surface area contributed by atoms with Crippen LogP contribution in [0.15, 0.2) is 53.4 Å². The van der Waals surface area contributed by atoms with Gasteiger partial charge >= 0.3 is 0 Å². The van der Waals surface area contributed by atoms with Gasteiger partial charge in [0, 0.05) is 25.2 Å². The predicted molar refractivity (Wildman–Crippen MR) is 116 cm³/mol. The Morgan fingerprint density at radius 1 is 1.10 bits per heavy atom. The fourth-order valence-corrected chi connectivity index (χ4v) is 4.09. The Kier molecular flexibility index (Phi) is 8.55. The summed E-state index contributed by atoms with van der Waals surface area (Å²) in [5, 5.41) is 3.04. The molecule has 0 saturated carbocycles. The summed E-state index contributed by atoms with van der Waals surface area (Å²) in [4.78, 5) is 26.7. The standard InChI is InChI=1S/C21H25ClFN3O4S/c1-4-24-21(28)15(2)26(13-16-5-9-18(23)10-6-16)20(27)14-25(3)31(29,30)19-11-7-17(22)8-12-19/h5-12,15H,4,13-14H2,1-3H3,(H,24,28)/t15-/m1/s1. The number of benzene rings is 2. The monoisotopic (exact) mass is 469 g/mol. The average Bonchev–Trinajstić information content (AvgIpc) is 2.73. The zero-order chi connectivity index (χ0) is 23.2. The minimum absolute atomic E-state index is 0.00550. The van der Waals surface area contributed by atoms with Crippen LogP contribution in [0.25, 0.3) is 0 Å². The summed E-state index contributed by atoms with van der Waals surface area (Å²) in [7, 11) is -2.66. The molecular formula is C21H25ClFN3O4S. The van der Waals surface area contributed by atoms with Gasteiger partial charge in [-0.05, 0) is 55.8 Å². The number of sulfonamides is 1. The molecule has 0 saturated heterocycles. The summed E-state index contributed by atoms with van der Waals surface area (Å²) < 4.78 is 39.7. The third kappa shape index (κ3) is 6.49. The molecule has 7 nitrogen and oxygen atoms in total. The molecule has 0 aliphatic heterocycles. The fourth-order valence-electron chi connectivity index (χ4n) is 2.84. The van der Waals surface area contributed by atoms with E-state index < -0.39 is 34.3 Å². The zero-order valence-electron chi connectivity index (χ0n) is 17.5. The van der Waals surface area contributed by atoms with Gasteiger partial charge in [-0.1, -0.05) is 23.7 Å². The molecule has 2 rings (SSSR count). The molecule has 168 valence electrons. The molecule has 31 heavy (non-hydrogen) atoms. The Hall–Kier alpha value is -2.49. The largest absolute Gasteiger partial charge is 0.355 e. The van der Waals surface area contributed by atoms with Crippen molar-refractivity contribution in [1.82, 2.24) is 14.5 Å². The molecule has 0 spiro atoms. The van der Waals surface area contributed by atoms with Crippen molar-refractivity contribution in [1.29, 1.82) is 0 Å². The molecule has 0 radical (unpaired) electrons. The van der Waals surface area contributed by atoms with Crippen molar-refractivity contribution in [3.05, 3.63) is 64.9 Å². The average molecular weight is 470 g/mol. The van der Waals surface area contributed by atoms with E-state index in [9.17, 15) is 22.4 Å². The Morgan fingerprint density at radius 2 is 1.68 bits per heavy atom. The highest BCUT2D eigenvalue weighted by atomic mass is 35.5. The molecule has 0 fully saturated rings. The molecule has 0 unspecified atom stereocenters. The van der Waals surface area contributed by atoms with Crippen molar-refractivity contribution in [2.24, 2.45) is 0 Å². The van der Waals surface area contributed by atoms with Gasteiger partial charge in [0.25, 0.3) is 0 Å². The summed E-state index contributed by atoms with van der Waals surface area (Å²) >= 11 is 5.81. The Labute approximate surface area is 186 Å². The van der Waals surface area contributed by atoms with Crippen molar-refractivity contribution in [3.63, 3.8) is 0 Å². The fraction of sp³-hybridized carbons (Fsp3) is 0.333. The Morgan fingerprint density at radius 3 is 2.23 bits per heavy atom. The molecule has 10 heteroatoms. The summed E-state index contributed by atoms with van der Waals surface area (Å²) in [6.07, 6.45) is 0. The maximum atomic E-state index is 13.2. The lowest BCUT2D eigenvalue weighted by atomic mass is 10.1. The lowest BCUT2D eigenvalue weighted by Gasteiger charge is -2.30. The van der Waals surface area contributed by atoms with Crippen LogP contribution in [0.1, 0.15) is 19.4 Å². The van der Waals surface area contributed by atoms with Crippen LogP contribution in [-0.2, 0) is 26.2 Å². The maximum absolute atomic E-state index is 13.2. The van der Waals surface area contributed by atoms with Crippen LogP contribution in [0.3, 0.4) is 0 Å². The van der Waals surface area contributed by atoms with Gasteiger partial charge in [-0.2, -0.15) is 4.31 Å². The first-order chi connectivity index (χ1) is 14.6. The van der Waals surface area contributed by atoms with E-state index in [4.69, 9.17) is 11.6 Å². The highest BCUT2D eigenvalue weighted by Gasteiger charge is 2.30. The van der Waals surface area contributed by atoms with Gasteiger partial charge in [-0.15, -0.1) is 0 Å². The number of carbonyl (C=O) groups is 2. The molecule has 0 bridgehead atoms. The number of carbonyl (C=O) groups excluding carboxylic acids is 2. The van der Waals surface area contributed by atoms with Gasteiger partial charge in [0.2, 0.25) is 21.8 Å². The lowest BCUT2D eigenvalue weighted by molar-refractivity contribution is -0.140. The van der Waals surface area contributed by atoms with Gasteiger partial charge in [-0.3, -0.25) is 9.59 Å². The topological polar surface area (TPSA) is 86.8 Å². The second-order valence-electron chi connectivity index (χ2n) is 6.93. The molecule has 2 amide bonds. The molecule has 0 heterocycles. The van der Waals surface area contributed by atoms with Crippen LogP contribution in [0.5, 0.6) is 0 Å². The quantitative estimate of drug-likeness (QED) is 0.611. The van der Waals surface area contributed by atoms with E-state index in [-0.39, 0.29) is 17.3 Å². The molecular weight excluding hydrogens is 445 g/mol. The van der Waals surface area contributed by atoms with Gasteiger partial charge in [-0.25, -0.2) is 12.8 Å². The van der Waals surface area contributed by atoms with Crippen LogP contribution in [0.4, 0.5) is 4.39 Å². The smallest absolute Gasteiger partial charge is 0.243 e. The number of nitrogens with one attached hydrogen (secondary N) is 1. The van der Waals surface area contributed by atoms with E-state index >= 15 is 0 Å². The second-order valence-corrected chi connectivity index (χ2v) is 9.41. The van der Waals surface area contributed by atoms with Crippen molar-refractivity contribution in [2.45, 2.75) is 31.3 Å². The van der Waals surface area contributed by atoms with E-state index in [1.165, 1.54) is 60.5 Å². The molecule has 1 atom stereocenters. The van der Waals surface area contributed by atoms with Gasteiger partial charge in [0.05, 0.1) is 11.4 Å². The highest BCUT2D eigenvalue weighted by molar-refractivity contribution is 7.89. The Balaban J connectivity index is 2.25. The molecule has 0 aliphatic carbocycles. The second kappa shape index (κ2) is 10.7. The number of nitrogens with zero attached hydrogens (tertiary/aromatic N) is 2. The number of halogens is 2. The normalized spacial score (nSPS) is 12.5. The van der Waals surface area contributed by atoms with Crippen molar-refractivity contribution < 1.29 is 22.4 Å². The summed E-state index contributed by atoms with van der Waals surface area (Å²) in [6, 6.07) is 10.3. The van der Waals surface area contributed by atoms with Gasteiger partial charge in [0.15, 0.2) is 0 Å². The minimum Gasteiger partial charge on any atom is -0.355 e. The van der Waals surface area contributed by atoms with E-state index in [0.717, 1.165) is 4.31 Å². The molecule has 1 N–H and O–H groups in total. The number of hydrogen-bond acceptors (Lipinski definition) is 4. The highest BCUT2D eigenvalue weighted by Crippen LogP contribution is 2.18. The van der Waals surface area contributed by atoms with E-state index in [1.54, 1.807) is 13.8 Å². The van der Waals surface area contributed by atoms with Crippen LogP contribution in [0.2, 0.25) is 5.02 Å². The first kappa shape index (κ1) is 24.8.